The Hall–Kier alpha value is -0.0800. The third-order valence-electron chi connectivity index (χ3n) is 3.90. The Bertz CT molecular complexity index is 180. The molecule has 0 bridgehead atoms. The van der Waals surface area contributed by atoms with Crippen molar-refractivity contribution in [2.75, 3.05) is 19.6 Å². The van der Waals surface area contributed by atoms with Crippen molar-refractivity contribution in [3.8, 4) is 0 Å². The topological polar surface area (TPSA) is 15.3 Å². The van der Waals surface area contributed by atoms with Gasteiger partial charge in [0.05, 0.1) is 0 Å². The molecule has 2 nitrogen and oxygen atoms in total. The monoisotopic (exact) mass is 226 g/mol. The van der Waals surface area contributed by atoms with Crippen LogP contribution < -0.4 is 5.32 Å². The van der Waals surface area contributed by atoms with Gasteiger partial charge in [0.15, 0.2) is 0 Å². The molecule has 16 heavy (non-hydrogen) atoms. The average molecular weight is 226 g/mol. The van der Waals surface area contributed by atoms with E-state index in [2.05, 4.69) is 37.9 Å². The van der Waals surface area contributed by atoms with E-state index in [0.717, 1.165) is 25.0 Å². The number of likely N-dealkylation sites (N-methyl/N-ethyl adjacent to an activating group) is 1. The molecule has 1 saturated heterocycles. The van der Waals surface area contributed by atoms with Gasteiger partial charge in [0, 0.05) is 18.6 Å². The molecule has 0 radical (unpaired) electrons. The van der Waals surface area contributed by atoms with E-state index in [0.29, 0.717) is 6.04 Å². The van der Waals surface area contributed by atoms with Crippen LogP contribution in [0.25, 0.3) is 0 Å². The third kappa shape index (κ3) is 4.06. The van der Waals surface area contributed by atoms with E-state index in [1.807, 2.05) is 0 Å². The van der Waals surface area contributed by atoms with Gasteiger partial charge in [-0.15, -0.1) is 0 Å². The molecular formula is C14H30N2. The molecule has 0 aromatic heterocycles. The summed E-state index contributed by atoms with van der Waals surface area (Å²) in [5, 5.41) is 3.53. The Morgan fingerprint density at radius 3 is 2.62 bits per heavy atom. The molecule has 2 atom stereocenters. The summed E-state index contributed by atoms with van der Waals surface area (Å²) in [4.78, 5) is 2.75. The lowest BCUT2D eigenvalue weighted by atomic mass is 10.00. The SMILES string of the molecule is CCNCC(C(C)C)N1CCCCCC1C. The minimum Gasteiger partial charge on any atom is -0.315 e. The normalized spacial score (nSPS) is 25.7. The smallest absolute Gasteiger partial charge is 0.0246 e. The standard InChI is InChI=1S/C14H30N2/c1-5-15-11-14(12(2)3)16-10-8-6-7-9-13(16)4/h12-15H,5-11H2,1-4H3. The second-order valence-corrected chi connectivity index (χ2v) is 5.56. The highest BCUT2D eigenvalue weighted by Crippen LogP contribution is 2.22. The van der Waals surface area contributed by atoms with E-state index in [4.69, 9.17) is 0 Å². The molecule has 1 aliphatic heterocycles. The van der Waals surface area contributed by atoms with Crippen LogP contribution in [0.15, 0.2) is 0 Å². The highest BCUT2D eigenvalue weighted by atomic mass is 15.2. The molecule has 1 heterocycles. The summed E-state index contributed by atoms with van der Waals surface area (Å²) in [6.07, 6.45) is 5.62. The van der Waals surface area contributed by atoms with Gasteiger partial charge in [0.1, 0.15) is 0 Å². The minimum atomic E-state index is 0.716. The maximum Gasteiger partial charge on any atom is 0.0246 e. The molecule has 0 amide bonds. The van der Waals surface area contributed by atoms with Gasteiger partial charge in [0.25, 0.3) is 0 Å². The fourth-order valence-electron chi connectivity index (χ4n) is 2.82. The minimum absolute atomic E-state index is 0.716. The van der Waals surface area contributed by atoms with Crippen molar-refractivity contribution in [2.45, 2.75) is 65.5 Å². The van der Waals surface area contributed by atoms with Gasteiger partial charge in [-0.05, 0) is 38.8 Å². The molecule has 1 fully saturated rings. The zero-order chi connectivity index (χ0) is 12.0. The van der Waals surface area contributed by atoms with Crippen molar-refractivity contribution in [1.82, 2.24) is 10.2 Å². The molecular weight excluding hydrogens is 196 g/mol. The maximum atomic E-state index is 3.53. The van der Waals surface area contributed by atoms with E-state index >= 15 is 0 Å². The third-order valence-corrected chi connectivity index (χ3v) is 3.90. The van der Waals surface area contributed by atoms with Gasteiger partial charge in [-0.3, -0.25) is 4.90 Å². The molecule has 96 valence electrons. The predicted molar refractivity (Wildman–Crippen MR) is 71.8 cm³/mol. The summed E-state index contributed by atoms with van der Waals surface area (Å²) in [7, 11) is 0. The van der Waals surface area contributed by atoms with Crippen LogP contribution in [-0.2, 0) is 0 Å². The quantitative estimate of drug-likeness (QED) is 0.775. The lowest BCUT2D eigenvalue weighted by Crippen LogP contribution is -2.49. The van der Waals surface area contributed by atoms with E-state index in [-0.39, 0.29) is 0 Å². The summed E-state index contributed by atoms with van der Waals surface area (Å²) < 4.78 is 0. The van der Waals surface area contributed by atoms with Gasteiger partial charge in [-0.1, -0.05) is 33.6 Å². The maximum absolute atomic E-state index is 3.53. The Kier molecular flexibility index (Phi) is 6.37. The fourth-order valence-corrected chi connectivity index (χ4v) is 2.82. The fraction of sp³-hybridized carbons (Fsp3) is 1.00. The summed E-state index contributed by atoms with van der Waals surface area (Å²) in [5.74, 6) is 0.750. The van der Waals surface area contributed by atoms with Crippen LogP contribution in [0.4, 0.5) is 0 Å². The van der Waals surface area contributed by atoms with Gasteiger partial charge < -0.3 is 5.32 Å². The van der Waals surface area contributed by atoms with Gasteiger partial charge in [-0.25, -0.2) is 0 Å². The first kappa shape index (κ1) is 14.0. The first-order chi connectivity index (χ1) is 7.66. The molecule has 0 aromatic rings. The largest absolute Gasteiger partial charge is 0.315 e. The second-order valence-electron chi connectivity index (χ2n) is 5.56. The number of likely N-dealkylation sites (tertiary alicyclic amines) is 1. The number of hydrogen-bond donors (Lipinski definition) is 1. The Morgan fingerprint density at radius 2 is 2.00 bits per heavy atom. The lowest BCUT2D eigenvalue weighted by Gasteiger charge is -2.38. The van der Waals surface area contributed by atoms with Crippen LogP contribution in [0, 0.1) is 5.92 Å². The van der Waals surface area contributed by atoms with Crippen LogP contribution in [0.5, 0.6) is 0 Å². The van der Waals surface area contributed by atoms with Crippen LogP contribution >= 0.6 is 0 Å². The molecule has 0 spiro atoms. The van der Waals surface area contributed by atoms with E-state index < -0.39 is 0 Å². The zero-order valence-electron chi connectivity index (χ0n) is 11.6. The van der Waals surface area contributed by atoms with Crippen LogP contribution in [0.2, 0.25) is 0 Å². The molecule has 0 aliphatic carbocycles. The van der Waals surface area contributed by atoms with Gasteiger partial charge >= 0.3 is 0 Å². The van der Waals surface area contributed by atoms with Crippen molar-refractivity contribution in [1.29, 1.82) is 0 Å². The van der Waals surface area contributed by atoms with Gasteiger partial charge in [-0.2, -0.15) is 0 Å². The zero-order valence-corrected chi connectivity index (χ0v) is 11.6. The molecule has 2 heteroatoms. The Morgan fingerprint density at radius 1 is 1.25 bits per heavy atom. The highest BCUT2D eigenvalue weighted by molar-refractivity contribution is 4.82. The van der Waals surface area contributed by atoms with Crippen molar-refractivity contribution in [3.05, 3.63) is 0 Å². The molecule has 1 aliphatic rings. The van der Waals surface area contributed by atoms with Crippen molar-refractivity contribution in [2.24, 2.45) is 5.92 Å². The summed E-state index contributed by atoms with van der Waals surface area (Å²) in [6.45, 7) is 12.9. The highest BCUT2D eigenvalue weighted by Gasteiger charge is 2.26. The Labute approximate surface area is 102 Å². The molecule has 0 saturated carbocycles. The van der Waals surface area contributed by atoms with Crippen molar-refractivity contribution in [3.63, 3.8) is 0 Å². The summed E-state index contributed by atoms with van der Waals surface area (Å²) in [5.41, 5.74) is 0. The summed E-state index contributed by atoms with van der Waals surface area (Å²) >= 11 is 0. The lowest BCUT2D eigenvalue weighted by molar-refractivity contribution is 0.111. The molecule has 2 unspecified atom stereocenters. The van der Waals surface area contributed by atoms with Crippen LogP contribution in [-0.4, -0.2) is 36.6 Å². The van der Waals surface area contributed by atoms with Crippen molar-refractivity contribution < 1.29 is 0 Å². The number of nitrogens with one attached hydrogen (secondary N) is 1. The Balaban J connectivity index is 2.58. The van der Waals surface area contributed by atoms with E-state index in [1.54, 1.807) is 0 Å². The summed E-state index contributed by atoms with van der Waals surface area (Å²) in [6, 6.07) is 1.49. The number of nitrogens with zero attached hydrogens (tertiary/aromatic N) is 1. The van der Waals surface area contributed by atoms with Crippen LogP contribution in [0.3, 0.4) is 0 Å². The van der Waals surface area contributed by atoms with E-state index in [1.165, 1.54) is 32.2 Å². The first-order valence-corrected chi connectivity index (χ1v) is 7.13. The van der Waals surface area contributed by atoms with E-state index in [9.17, 15) is 0 Å². The van der Waals surface area contributed by atoms with Crippen molar-refractivity contribution >= 4 is 0 Å². The average Bonchev–Trinajstić information content (AvgIpc) is 2.44. The first-order valence-electron chi connectivity index (χ1n) is 7.13. The number of rotatable bonds is 5. The second kappa shape index (κ2) is 7.29. The molecule has 0 aromatic carbocycles. The molecule has 1 rings (SSSR count). The predicted octanol–water partition coefficient (Wildman–Crippen LogP) is 2.89. The molecule has 1 N–H and O–H groups in total. The number of hydrogen-bond acceptors (Lipinski definition) is 2. The van der Waals surface area contributed by atoms with Gasteiger partial charge in [0.2, 0.25) is 0 Å². The van der Waals surface area contributed by atoms with Crippen LogP contribution in [0.1, 0.15) is 53.4 Å².